The second kappa shape index (κ2) is 10.2. The van der Waals surface area contributed by atoms with Gasteiger partial charge in [0.25, 0.3) is 5.91 Å². The van der Waals surface area contributed by atoms with Gasteiger partial charge in [-0.05, 0) is 75.9 Å². The summed E-state index contributed by atoms with van der Waals surface area (Å²) in [6.45, 7) is 7.93. The van der Waals surface area contributed by atoms with Crippen molar-refractivity contribution in [1.82, 2.24) is 9.36 Å². The molecule has 0 radical (unpaired) electrons. The van der Waals surface area contributed by atoms with Crippen LogP contribution in [0.4, 0.5) is 10.8 Å². The summed E-state index contributed by atoms with van der Waals surface area (Å²) in [4.78, 5) is 30.9. The van der Waals surface area contributed by atoms with E-state index in [0.29, 0.717) is 39.7 Å². The number of aromatic nitrogens is 2. The molecule has 1 fully saturated rings. The monoisotopic (exact) mass is 480 g/mol. The average molecular weight is 481 g/mol. The first-order valence-corrected chi connectivity index (χ1v) is 12.0. The van der Waals surface area contributed by atoms with Gasteiger partial charge in [-0.25, -0.2) is 4.98 Å². The molecule has 1 aliphatic carbocycles. The van der Waals surface area contributed by atoms with E-state index >= 15 is 0 Å². The minimum Gasteiger partial charge on any atom is -0.491 e. The van der Waals surface area contributed by atoms with E-state index in [0.717, 1.165) is 23.8 Å². The molecule has 0 unspecified atom stereocenters. The number of anilines is 2. The molecule has 0 aliphatic heterocycles. The van der Waals surface area contributed by atoms with Gasteiger partial charge in [-0.2, -0.15) is 4.37 Å². The molecule has 0 bridgehead atoms. The molecule has 0 spiro atoms. The summed E-state index contributed by atoms with van der Waals surface area (Å²) in [6.07, 6.45) is 2.28. The Morgan fingerprint density at radius 3 is 2.41 bits per heavy atom. The fraction of sp³-hybridized carbons (Fsp3) is 0.360. The van der Waals surface area contributed by atoms with Crippen molar-refractivity contribution in [3.05, 3.63) is 53.9 Å². The van der Waals surface area contributed by atoms with E-state index < -0.39 is 0 Å². The third-order valence-corrected chi connectivity index (χ3v) is 5.89. The Morgan fingerprint density at radius 2 is 1.82 bits per heavy atom. The Balaban J connectivity index is 1.53. The summed E-state index contributed by atoms with van der Waals surface area (Å²) < 4.78 is 16.0. The maximum absolute atomic E-state index is 12.8. The zero-order chi connectivity index (χ0) is 24.2. The topological polar surface area (TPSA) is 93.7 Å². The van der Waals surface area contributed by atoms with Gasteiger partial charge < -0.3 is 14.4 Å². The third-order valence-electron chi connectivity index (χ3n) is 5.16. The molecule has 0 saturated heterocycles. The van der Waals surface area contributed by atoms with Gasteiger partial charge >= 0.3 is 0 Å². The summed E-state index contributed by atoms with van der Waals surface area (Å²) in [6, 6.07) is 12.4. The molecule has 2 aromatic carbocycles. The fourth-order valence-corrected chi connectivity index (χ4v) is 3.99. The lowest BCUT2D eigenvalue weighted by atomic mass is 10.2. The first-order valence-electron chi connectivity index (χ1n) is 11.3. The van der Waals surface area contributed by atoms with Crippen LogP contribution in [0.15, 0.2) is 42.5 Å². The summed E-state index contributed by atoms with van der Waals surface area (Å²) in [5.41, 5.74) is 1.22. The predicted octanol–water partition coefficient (Wildman–Crippen LogP) is 5.44. The lowest BCUT2D eigenvalue weighted by Crippen LogP contribution is -2.30. The fourth-order valence-electron chi connectivity index (χ4n) is 3.42. The van der Waals surface area contributed by atoms with Gasteiger partial charge in [0.2, 0.25) is 11.0 Å². The van der Waals surface area contributed by atoms with E-state index in [2.05, 4.69) is 14.7 Å². The largest absolute Gasteiger partial charge is 0.491 e. The summed E-state index contributed by atoms with van der Waals surface area (Å²) >= 11 is 1.12. The number of benzene rings is 2. The Morgan fingerprint density at radius 1 is 1.12 bits per heavy atom. The molecule has 9 heteroatoms. The number of nitrogens with zero attached hydrogens (tertiary/aromatic N) is 3. The van der Waals surface area contributed by atoms with E-state index in [9.17, 15) is 9.59 Å². The molecule has 0 atom stereocenters. The van der Waals surface area contributed by atoms with Gasteiger partial charge in [0, 0.05) is 42.3 Å². The number of hydrogen-bond acceptors (Lipinski definition) is 7. The summed E-state index contributed by atoms with van der Waals surface area (Å²) in [5.74, 6) is 2.47. The standard InChI is InChI=1S/C25H28N4O4S/c1-15(2)32-22-11-19(24(31)27-25-26-16(3)28-34-25)12-23(13-22)33-21-9-7-20(8-10-21)29(17(4)30)14-18-5-6-18/h7-13,15,18H,5-6,14H2,1-4H3,(H,26,27,28,31). The zero-order valence-corrected chi connectivity index (χ0v) is 20.5. The van der Waals surface area contributed by atoms with Crippen molar-refractivity contribution in [2.75, 3.05) is 16.8 Å². The minimum absolute atomic E-state index is 0.0281. The van der Waals surface area contributed by atoms with Gasteiger partial charge in [-0.15, -0.1) is 0 Å². The maximum Gasteiger partial charge on any atom is 0.257 e. The number of hydrogen-bond donors (Lipinski definition) is 1. The predicted molar refractivity (Wildman–Crippen MR) is 132 cm³/mol. The normalized spacial score (nSPS) is 13.0. The van der Waals surface area contributed by atoms with E-state index in [-0.39, 0.29) is 17.9 Å². The molecule has 1 aliphatic rings. The van der Waals surface area contributed by atoms with Crippen molar-refractivity contribution < 1.29 is 19.1 Å². The molecule has 1 aromatic heterocycles. The average Bonchev–Trinajstić information content (AvgIpc) is 3.51. The number of aryl methyl sites for hydroxylation is 1. The van der Waals surface area contributed by atoms with Crippen LogP contribution in [0.3, 0.4) is 0 Å². The molecular weight excluding hydrogens is 452 g/mol. The molecule has 1 saturated carbocycles. The minimum atomic E-state index is -0.331. The second-order valence-corrected chi connectivity index (χ2v) is 9.38. The van der Waals surface area contributed by atoms with Crippen LogP contribution in [-0.2, 0) is 4.79 Å². The Labute approximate surface area is 203 Å². The zero-order valence-electron chi connectivity index (χ0n) is 19.7. The summed E-state index contributed by atoms with van der Waals surface area (Å²) in [7, 11) is 0. The van der Waals surface area contributed by atoms with E-state index in [1.807, 2.05) is 38.1 Å². The highest BCUT2D eigenvalue weighted by molar-refractivity contribution is 7.09. The van der Waals surface area contributed by atoms with Crippen molar-refractivity contribution >= 4 is 34.2 Å². The quantitative estimate of drug-likeness (QED) is 0.438. The molecule has 3 aromatic rings. The van der Waals surface area contributed by atoms with Gasteiger partial charge in [0.1, 0.15) is 23.1 Å². The van der Waals surface area contributed by atoms with E-state index in [1.54, 1.807) is 36.9 Å². The molecule has 4 rings (SSSR count). The van der Waals surface area contributed by atoms with Crippen molar-refractivity contribution in [3.63, 3.8) is 0 Å². The van der Waals surface area contributed by atoms with Gasteiger partial charge in [-0.3, -0.25) is 14.9 Å². The van der Waals surface area contributed by atoms with Crippen LogP contribution in [0, 0.1) is 12.8 Å². The first kappa shape index (κ1) is 23.7. The Hall–Kier alpha value is -3.46. The van der Waals surface area contributed by atoms with Crippen LogP contribution in [0.25, 0.3) is 0 Å². The van der Waals surface area contributed by atoms with Crippen LogP contribution < -0.4 is 19.7 Å². The van der Waals surface area contributed by atoms with E-state index in [1.165, 1.54) is 12.8 Å². The van der Waals surface area contributed by atoms with Crippen molar-refractivity contribution in [1.29, 1.82) is 0 Å². The van der Waals surface area contributed by atoms with Crippen molar-refractivity contribution in [2.45, 2.75) is 46.6 Å². The summed E-state index contributed by atoms with van der Waals surface area (Å²) in [5, 5.41) is 3.19. The number of carbonyl (C=O) groups excluding carboxylic acids is 2. The van der Waals surface area contributed by atoms with Crippen LogP contribution >= 0.6 is 11.5 Å². The van der Waals surface area contributed by atoms with Crippen LogP contribution in [0.1, 0.15) is 49.8 Å². The first-order chi connectivity index (χ1) is 16.3. The van der Waals surface area contributed by atoms with Crippen molar-refractivity contribution in [3.8, 4) is 17.2 Å². The number of ether oxygens (including phenoxy) is 2. The van der Waals surface area contributed by atoms with Crippen LogP contribution in [0.5, 0.6) is 17.2 Å². The molecule has 178 valence electrons. The maximum atomic E-state index is 12.8. The van der Waals surface area contributed by atoms with Crippen LogP contribution in [-0.4, -0.2) is 33.8 Å². The highest BCUT2D eigenvalue weighted by atomic mass is 32.1. The molecule has 1 N–H and O–H groups in total. The highest BCUT2D eigenvalue weighted by Crippen LogP contribution is 2.33. The van der Waals surface area contributed by atoms with Crippen LogP contribution in [0.2, 0.25) is 0 Å². The number of amides is 2. The molecule has 2 amide bonds. The lowest BCUT2D eigenvalue weighted by molar-refractivity contribution is -0.116. The van der Waals surface area contributed by atoms with E-state index in [4.69, 9.17) is 9.47 Å². The second-order valence-electron chi connectivity index (χ2n) is 8.63. The Kier molecular flexibility index (Phi) is 7.12. The van der Waals surface area contributed by atoms with Crippen molar-refractivity contribution in [2.24, 2.45) is 5.92 Å². The molecule has 34 heavy (non-hydrogen) atoms. The molecular formula is C25H28N4O4S. The number of carbonyl (C=O) groups is 2. The van der Waals surface area contributed by atoms with Gasteiger partial charge in [0.05, 0.1) is 6.10 Å². The Bertz CT molecular complexity index is 1170. The number of rotatable bonds is 9. The molecule has 1 heterocycles. The van der Waals surface area contributed by atoms with Gasteiger partial charge in [0.15, 0.2) is 0 Å². The molecule has 8 nitrogen and oxygen atoms in total. The van der Waals surface area contributed by atoms with Gasteiger partial charge in [-0.1, -0.05) is 0 Å². The third kappa shape index (κ3) is 6.32. The lowest BCUT2D eigenvalue weighted by Gasteiger charge is -2.21. The smallest absolute Gasteiger partial charge is 0.257 e. The SMILES string of the molecule is CC(=O)N(CC1CC1)c1ccc(Oc2cc(OC(C)C)cc(C(=O)Nc3nc(C)ns3)c2)cc1. The number of nitrogens with one attached hydrogen (secondary N) is 1. The highest BCUT2D eigenvalue weighted by Gasteiger charge is 2.26.